The van der Waals surface area contributed by atoms with Crippen molar-refractivity contribution in [1.82, 2.24) is 5.32 Å². The summed E-state index contributed by atoms with van der Waals surface area (Å²) in [5.41, 5.74) is 0.828. The van der Waals surface area contributed by atoms with Crippen LogP contribution in [0.1, 0.15) is 37.0 Å². The smallest absolute Gasteiger partial charge is 0.230 e. The van der Waals surface area contributed by atoms with E-state index >= 15 is 0 Å². The van der Waals surface area contributed by atoms with Crippen LogP contribution in [0.4, 0.5) is 0 Å². The van der Waals surface area contributed by atoms with Crippen LogP contribution in [0, 0.1) is 0 Å². The minimum absolute atomic E-state index is 0.154. The number of nitrogens with one attached hydrogen (secondary N) is 1. The molecule has 122 valence electrons. The highest BCUT2D eigenvalue weighted by molar-refractivity contribution is 5.89. The number of furan rings is 1. The molecule has 0 radical (unpaired) electrons. The van der Waals surface area contributed by atoms with Crippen LogP contribution in [-0.4, -0.2) is 19.1 Å². The summed E-state index contributed by atoms with van der Waals surface area (Å²) in [4.78, 5) is 12.6. The number of hydrogen-bond donors (Lipinski definition) is 1. The molecule has 0 spiro atoms. The predicted molar refractivity (Wildman–Crippen MR) is 88.0 cm³/mol. The molecule has 1 aliphatic rings. The van der Waals surface area contributed by atoms with E-state index in [0.717, 1.165) is 37.0 Å². The van der Waals surface area contributed by atoms with E-state index in [2.05, 4.69) is 17.4 Å². The number of amides is 1. The number of carbonyl (C=O) groups is 1. The van der Waals surface area contributed by atoms with Gasteiger partial charge in [-0.2, -0.15) is 0 Å². The molecule has 1 aliphatic carbocycles. The molecule has 2 aromatic rings. The van der Waals surface area contributed by atoms with Crippen molar-refractivity contribution in [3.05, 3.63) is 60.1 Å². The van der Waals surface area contributed by atoms with Gasteiger partial charge in [0.25, 0.3) is 0 Å². The Balaban J connectivity index is 1.40. The molecule has 4 nitrogen and oxygen atoms in total. The number of hydrogen-bond acceptors (Lipinski definition) is 3. The van der Waals surface area contributed by atoms with E-state index < -0.39 is 0 Å². The van der Waals surface area contributed by atoms with Crippen LogP contribution in [-0.2, 0) is 21.6 Å². The molecule has 0 atom stereocenters. The Hall–Kier alpha value is -2.07. The van der Waals surface area contributed by atoms with Gasteiger partial charge >= 0.3 is 0 Å². The Morgan fingerprint density at radius 3 is 2.65 bits per heavy atom. The first kappa shape index (κ1) is 15.8. The molecule has 3 rings (SSSR count). The molecule has 1 N–H and O–H groups in total. The summed E-state index contributed by atoms with van der Waals surface area (Å²) in [5.74, 6) is 0.979. The van der Waals surface area contributed by atoms with Crippen molar-refractivity contribution < 1.29 is 13.9 Å². The monoisotopic (exact) mass is 313 g/mol. The maximum absolute atomic E-state index is 12.6. The van der Waals surface area contributed by atoms with E-state index in [1.807, 2.05) is 30.3 Å². The predicted octanol–water partition coefficient (Wildman–Crippen LogP) is 3.42. The van der Waals surface area contributed by atoms with E-state index in [9.17, 15) is 4.79 Å². The maximum Gasteiger partial charge on any atom is 0.230 e. The lowest BCUT2D eigenvalue weighted by Crippen LogP contribution is -2.49. The van der Waals surface area contributed by atoms with Crippen molar-refractivity contribution in [3.8, 4) is 0 Å². The standard InChI is InChI=1S/C19H23NO3/c21-18(19(10-5-11-19)16-7-2-1-3-8-16)20-12-6-13-22-15-17-9-4-14-23-17/h1-4,7-9,14H,5-6,10-13,15H2,(H,20,21). The molecular weight excluding hydrogens is 290 g/mol. The molecule has 1 saturated carbocycles. The van der Waals surface area contributed by atoms with Gasteiger partial charge in [0.05, 0.1) is 11.7 Å². The Kier molecular flexibility index (Phi) is 5.13. The van der Waals surface area contributed by atoms with Crippen molar-refractivity contribution in [3.63, 3.8) is 0 Å². The topological polar surface area (TPSA) is 51.5 Å². The highest BCUT2D eigenvalue weighted by atomic mass is 16.5. The van der Waals surface area contributed by atoms with Crippen molar-refractivity contribution >= 4 is 5.91 Å². The van der Waals surface area contributed by atoms with Crippen LogP contribution >= 0.6 is 0 Å². The molecule has 0 aliphatic heterocycles. The van der Waals surface area contributed by atoms with E-state index in [1.54, 1.807) is 6.26 Å². The van der Waals surface area contributed by atoms with Crippen LogP contribution in [0.25, 0.3) is 0 Å². The first-order valence-corrected chi connectivity index (χ1v) is 8.25. The van der Waals surface area contributed by atoms with Gasteiger partial charge in [0.1, 0.15) is 12.4 Å². The molecule has 1 heterocycles. The number of ether oxygens (including phenoxy) is 1. The van der Waals surface area contributed by atoms with Gasteiger partial charge < -0.3 is 14.5 Å². The molecule has 1 amide bonds. The fraction of sp³-hybridized carbons (Fsp3) is 0.421. The molecule has 0 bridgehead atoms. The fourth-order valence-corrected chi connectivity index (χ4v) is 3.05. The van der Waals surface area contributed by atoms with Crippen LogP contribution < -0.4 is 5.32 Å². The fourth-order valence-electron chi connectivity index (χ4n) is 3.05. The lowest BCUT2D eigenvalue weighted by molar-refractivity contribution is -0.130. The zero-order valence-electron chi connectivity index (χ0n) is 13.3. The van der Waals surface area contributed by atoms with E-state index in [1.165, 1.54) is 0 Å². The van der Waals surface area contributed by atoms with Gasteiger partial charge in [0.2, 0.25) is 5.91 Å². The Labute approximate surface area is 136 Å². The minimum atomic E-state index is -0.309. The Bertz CT molecular complexity index is 603. The summed E-state index contributed by atoms with van der Waals surface area (Å²) in [6, 6.07) is 13.9. The lowest BCUT2D eigenvalue weighted by Gasteiger charge is -2.40. The number of rotatable bonds is 8. The van der Waals surface area contributed by atoms with Gasteiger partial charge in [0.15, 0.2) is 0 Å². The highest BCUT2D eigenvalue weighted by Gasteiger charge is 2.45. The summed E-state index contributed by atoms with van der Waals surface area (Å²) >= 11 is 0. The molecule has 4 heteroatoms. The van der Waals surface area contributed by atoms with Gasteiger partial charge in [0, 0.05) is 13.2 Å². The summed E-state index contributed by atoms with van der Waals surface area (Å²) in [6.45, 7) is 1.74. The third-order valence-electron chi connectivity index (χ3n) is 4.54. The molecule has 23 heavy (non-hydrogen) atoms. The van der Waals surface area contributed by atoms with Gasteiger partial charge in [-0.05, 0) is 37.0 Å². The van der Waals surface area contributed by atoms with Crippen molar-refractivity contribution in [2.75, 3.05) is 13.2 Å². The molecule has 0 saturated heterocycles. The molecule has 0 unspecified atom stereocenters. The number of benzene rings is 1. The average Bonchev–Trinajstić information content (AvgIpc) is 3.04. The first-order chi connectivity index (χ1) is 11.3. The van der Waals surface area contributed by atoms with Gasteiger partial charge in [-0.3, -0.25) is 4.79 Å². The second kappa shape index (κ2) is 7.47. The maximum atomic E-state index is 12.6. The molecule has 1 fully saturated rings. The largest absolute Gasteiger partial charge is 0.467 e. The lowest BCUT2D eigenvalue weighted by atomic mass is 9.64. The second-order valence-corrected chi connectivity index (χ2v) is 6.04. The van der Waals surface area contributed by atoms with Gasteiger partial charge in [-0.15, -0.1) is 0 Å². The highest BCUT2D eigenvalue weighted by Crippen LogP contribution is 2.43. The molecular formula is C19H23NO3. The van der Waals surface area contributed by atoms with Gasteiger partial charge in [-0.1, -0.05) is 36.8 Å². The third-order valence-corrected chi connectivity index (χ3v) is 4.54. The van der Waals surface area contributed by atoms with Crippen LogP contribution in [0.3, 0.4) is 0 Å². The Morgan fingerprint density at radius 2 is 2.00 bits per heavy atom. The Morgan fingerprint density at radius 1 is 1.17 bits per heavy atom. The SMILES string of the molecule is O=C(NCCCOCc1ccco1)C1(c2ccccc2)CCC1. The summed E-state index contributed by atoms with van der Waals surface area (Å²) in [7, 11) is 0. The van der Waals surface area contributed by atoms with E-state index in [4.69, 9.17) is 9.15 Å². The van der Waals surface area contributed by atoms with E-state index in [-0.39, 0.29) is 11.3 Å². The zero-order valence-corrected chi connectivity index (χ0v) is 13.3. The van der Waals surface area contributed by atoms with Crippen molar-refractivity contribution in [2.45, 2.75) is 37.7 Å². The summed E-state index contributed by atoms with van der Waals surface area (Å²) < 4.78 is 10.7. The minimum Gasteiger partial charge on any atom is -0.467 e. The zero-order chi connectivity index (χ0) is 16.0. The molecule has 1 aromatic carbocycles. The quantitative estimate of drug-likeness (QED) is 0.760. The average molecular weight is 313 g/mol. The summed E-state index contributed by atoms with van der Waals surface area (Å²) in [6.07, 6.45) is 5.45. The van der Waals surface area contributed by atoms with Crippen LogP contribution in [0.5, 0.6) is 0 Å². The normalized spacial score (nSPS) is 15.8. The summed E-state index contributed by atoms with van der Waals surface area (Å²) in [5, 5.41) is 3.08. The second-order valence-electron chi connectivity index (χ2n) is 6.04. The van der Waals surface area contributed by atoms with Crippen LogP contribution in [0.2, 0.25) is 0 Å². The first-order valence-electron chi connectivity index (χ1n) is 8.25. The van der Waals surface area contributed by atoms with Gasteiger partial charge in [-0.25, -0.2) is 0 Å². The van der Waals surface area contributed by atoms with E-state index in [0.29, 0.717) is 19.8 Å². The molecule has 1 aromatic heterocycles. The third kappa shape index (κ3) is 3.64. The van der Waals surface area contributed by atoms with Crippen molar-refractivity contribution in [2.24, 2.45) is 0 Å². The van der Waals surface area contributed by atoms with Crippen LogP contribution in [0.15, 0.2) is 53.1 Å². The van der Waals surface area contributed by atoms with Crippen molar-refractivity contribution in [1.29, 1.82) is 0 Å². The number of carbonyl (C=O) groups excluding carboxylic acids is 1.